The van der Waals surface area contributed by atoms with Crippen LogP contribution in [0.5, 0.6) is 11.5 Å². The second-order valence-electron chi connectivity index (χ2n) is 3.85. The van der Waals surface area contributed by atoms with Gasteiger partial charge in [0, 0.05) is 18.7 Å². The summed E-state index contributed by atoms with van der Waals surface area (Å²) in [6.45, 7) is 5.65. The third-order valence-corrected chi connectivity index (χ3v) is 4.17. The molecule has 0 amide bonds. The lowest BCUT2D eigenvalue weighted by atomic mass is 10.1. The van der Waals surface area contributed by atoms with Crippen LogP contribution in [0.4, 0.5) is 0 Å². The normalized spacial score (nSPS) is 10.2. The van der Waals surface area contributed by atoms with Crippen LogP contribution in [0.2, 0.25) is 0 Å². The Morgan fingerprint density at radius 2 is 1.89 bits per heavy atom. The number of carbonyl (C=O) groups excluding carboxylic acids is 1. The largest absolute Gasteiger partial charge is 0.504 e. The Balaban J connectivity index is 2.60. The second-order valence-corrected chi connectivity index (χ2v) is 5.46. The van der Waals surface area contributed by atoms with Crippen molar-refractivity contribution in [2.75, 3.05) is 18.8 Å². The molecule has 2 N–H and O–H groups in total. The van der Waals surface area contributed by atoms with Gasteiger partial charge in [0.1, 0.15) is 4.32 Å². The number of hydrogen-bond donors (Lipinski definition) is 2. The van der Waals surface area contributed by atoms with Crippen molar-refractivity contribution in [3.63, 3.8) is 0 Å². The molecular formula is C13H17NO3S2. The fourth-order valence-electron chi connectivity index (χ4n) is 1.48. The number of Topliss-reactive ketones (excluding diaryl/α,β-unsaturated/α-hetero) is 1. The maximum atomic E-state index is 11.9. The minimum Gasteiger partial charge on any atom is -0.504 e. The van der Waals surface area contributed by atoms with Crippen LogP contribution in [0.25, 0.3) is 0 Å². The molecule has 0 saturated heterocycles. The van der Waals surface area contributed by atoms with E-state index in [1.54, 1.807) is 0 Å². The molecule has 4 nitrogen and oxygen atoms in total. The van der Waals surface area contributed by atoms with Gasteiger partial charge in [0.25, 0.3) is 0 Å². The average molecular weight is 299 g/mol. The number of phenols is 2. The Bertz CT molecular complexity index is 473. The van der Waals surface area contributed by atoms with E-state index in [1.807, 2.05) is 18.7 Å². The van der Waals surface area contributed by atoms with E-state index in [4.69, 9.17) is 12.2 Å². The molecule has 0 atom stereocenters. The van der Waals surface area contributed by atoms with Crippen molar-refractivity contribution in [3.8, 4) is 11.5 Å². The van der Waals surface area contributed by atoms with Crippen LogP contribution in [0.3, 0.4) is 0 Å². The number of benzene rings is 1. The number of ketones is 1. The Kier molecular flexibility index (Phi) is 6.11. The maximum absolute atomic E-state index is 11.9. The highest BCUT2D eigenvalue weighted by atomic mass is 32.2. The quantitative estimate of drug-likeness (QED) is 0.495. The van der Waals surface area contributed by atoms with Crippen molar-refractivity contribution in [2.45, 2.75) is 13.8 Å². The van der Waals surface area contributed by atoms with Crippen LogP contribution < -0.4 is 0 Å². The van der Waals surface area contributed by atoms with Crippen molar-refractivity contribution in [1.29, 1.82) is 0 Å². The monoisotopic (exact) mass is 299 g/mol. The lowest BCUT2D eigenvalue weighted by Gasteiger charge is -2.20. The summed E-state index contributed by atoms with van der Waals surface area (Å²) in [7, 11) is 0. The summed E-state index contributed by atoms with van der Waals surface area (Å²) >= 11 is 6.55. The molecule has 19 heavy (non-hydrogen) atoms. The van der Waals surface area contributed by atoms with Gasteiger partial charge in [0.15, 0.2) is 17.3 Å². The van der Waals surface area contributed by atoms with Gasteiger partial charge in [-0.05, 0) is 32.0 Å². The van der Waals surface area contributed by atoms with E-state index < -0.39 is 0 Å². The van der Waals surface area contributed by atoms with Gasteiger partial charge < -0.3 is 15.1 Å². The number of rotatable bonds is 5. The van der Waals surface area contributed by atoms with Gasteiger partial charge in [0.05, 0.1) is 5.75 Å². The molecule has 0 aromatic heterocycles. The first-order chi connectivity index (χ1) is 8.99. The Hall–Kier alpha value is -1.27. The summed E-state index contributed by atoms with van der Waals surface area (Å²) in [5.74, 6) is -0.431. The zero-order valence-electron chi connectivity index (χ0n) is 10.9. The Morgan fingerprint density at radius 3 is 2.42 bits per heavy atom. The predicted octanol–water partition coefficient (Wildman–Crippen LogP) is 2.64. The molecular weight excluding hydrogens is 282 g/mol. The highest BCUT2D eigenvalue weighted by molar-refractivity contribution is 8.23. The number of thioether (sulfide) groups is 1. The topological polar surface area (TPSA) is 60.8 Å². The molecule has 0 spiro atoms. The fraction of sp³-hybridized carbons (Fsp3) is 0.385. The van der Waals surface area contributed by atoms with Gasteiger partial charge in [-0.25, -0.2) is 0 Å². The number of nitrogens with zero attached hydrogens (tertiary/aromatic N) is 1. The van der Waals surface area contributed by atoms with E-state index in [9.17, 15) is 15.0 Å². The molecule has 0 unspecified atom stereocenters. The highest BCUT2D eigenvalue weighted by Crippen LogP contribution is 2.25. The molecule has 0 saturated carbocycles. The molecule has 0 heterocycles. The van der Waals surface area contributed by atoms with E-state index >= 15 is 0 Å². The summed E-state index contributed by atoms with van der Waals surface area (Å²) in [4.78, 5) is 13.9. The molecule has 1 aromatic carbocycles. The molecule has 0 bridgehead atoms. The van der Waals surface area contributed by atoms with E-state index in [2.05, 4.69) is 0 Å². The summed E-state index contributed by atoms with van der Waals surface area (Å²) in [6, 6.07) is 4.05. The lowest BCUT2D eigenvalue weighted by Crippen LogP contribution is -2.27. The first-order valence-electron chi connectivity index (χ1n) is 5.96. The number of carbonyl (C=O) groups is 1. The zero-order valence-corrected chi connectivity index (χ0v) is 12.6. The number of phenolic OH excluding ortho intramolecular Hbond substituents is 2. The zero-order chi connectivity index (χ0) is 14.4. The van der Waals surface area contributed by atoms with E-state index in [0.29, 0.717) is 9.88 Å². The molecule has 104 valence electrons. The fourth-order valence-corrected chi connectivity index (χ4v) is 2.78. The van der Waals surface area contributed by atoms with Gasteiger partial charge in [-0.2, -0.15) is 0 Å². The molecule has 0 fully saturated rings. The maximum Gasteiger partial charge on any atom is 0.173 e. The van der Waals surface area contributed by atoms with Crippen LogP contribution in [0, 0.1) is 0 Å². The molecule has 0 aliphatic carbocycles. The van der Waals surface area contributed by atoms with Crippen LogP contribution in [-0.4, -0.2) is 44.1 Å². The number of aromatic hydroxyl groups is 2. The predicted molar refractivity (Wildman–Crippen MR) is 82.1 cm³/mol. The third-order valence-electron chi connectivity index (χ3n) is 2.65. The minimum atomic E-state index is -0.290. The molecule has 0 radical (unpaired) electrons. The molecule has 0 aliphatic heterocycles. The van der Waals surface area contributed by atoms with Gasteiger partial charge in [-0.15, -0.1) is 0 Å². The van der Waals surface area contributed by atoms with Crippen molar-refractivity contribution >= 4 is 34.1 Å². The molecule has 1 aromatic rings. The van der Waals surface area contributed by atoms with Crippen LogP contribution >= 0.6 is 24.0 Å². The van der Waals surface area contributed by atoms with Gasteiger partial charge >= 0.3 is 0 Å². The summed E-state index contributed by atoms with van der Waals surface area (Å²) in [5, 5.41) is 18.5. The van der Waals surface area contributed by atoms with Crippen molar-refractivity contribution < 1.29 is 15.0 Å². The second kappa shape index (κ2) is 7.35. The first kappa shape index (κ1) is 15.8. The van der Waals surface area contributed by atoms with Crippen LogP contribution in [0.1, 0.15) is 24.2 Å². The standard InChI is InChI=1S/C13H17NO3S2/c1-3-14(4-2)13(18)19-8-12(17)9-5-6-10(15)11(16)7-9/h5-7,15-16H,3-4,8H2,1-2H3. The SMILES string of the molecule is CCN(CC)C(=S)SCC(=O)c1ccc(O)c(O)c1. The average Bonchev–Trinajstić information content (AvgIpc) is 2.40. The van der Waals surface area contributed by atoms with E-state index in [1.165, 1.54) is 30.0 Å². The summed E-state index contributed by atoms with van der Waals surface area (Å²) < 4.78 is 0.696. The van der Waals surface area contributed by atoms with Crippen LogP contribution in [-0.2, 0) is 0 Å². The minimum absolute atomic E-state index is 0.130. The highest BCUT2D eigenvalue weighted by Gasteiger charge is 2.12. The summed E-state index contributed by atoms with van der Waals surface area (Å²) in [5.41, 5.74) is 0.366. The number of hydrogen-bond acceptors (Lipinski definition) is 5. The Morgan fingerprint density at radius 1 is 1.26 bits per heavy atom. The van der Waals surface area contributed by atoms with Crippen molar-refractivity contribution in [2.24, 2.45) is 0 Å². The van der Waals surface area contributed by atoms with E-state index in [0.717, 1.165) is 13.1 Å². The smallest absolute Gasteiger partial charge is 0.173 e. The van der Waals surface area contributed by atoms with Gasteiger partial charge in [-0.1, -0.05) is 24.0 Å². The molecule has 1 rings (SSSR count). The van der Waals surface area contributed by atoms with Gasteiger partial charge in [-0.3, -0.25) is 4.79 Å². The number of thiocarbonyl (C=S) groups is 1. The lowest BCUT2D eigenvalue weighted by molar-refractivity contribution is 0.102. The van der Waals surface area contributed by atoms with Gasteiger partial charge in [0.2, 0.25) is 0 Å². The molecule has 0 aliphatic rings. The Labute approximate surface area is 122 Å². The third kappa shape index (κ3) is 4.40. The first-order valence-corrected chi connectivity index (χ1v) is 7.35. The summed E-state index contributed by atoms with van der Waals surface area (Å²) in [6.07, 6.45) is 0. The molecule has 6 heteroatoms. The van der Waals surface area contributed by atoms with Crippen LogP contribution in [0.15, 0.2) is 18.2 Å². The van der Waals surface area contributed by atoms with Crippen molar-refractivity contribution in [3.05, 3.63) is 23.8 Å². The van der Waals surface area contributed by atoms with E-state index in [-0.39, 0.29) is 23.0 Å². The van der Waals surface area contributed by atoms with Crippen molar-refractivity contribution in [1.82, 2.24) is 4.90 Å².